The predicted molar refractivity (Wildman–Crippen MR) is 102 cm³/mol. The molecule has 0 aliphatic rings. The zero-order valence-corrected chi connectivity index (χ0v) is 15.6. The summed E-state index contributed by atoms with van der Waals surface area (Å²) >= 11 is 6.09. The van der Waals surface area contributed by atoms with E-state index in [1.54, 1.807) is 11.0 Å². The van der Waals surface area contributed by atoms with Crippen LogP contribution in [-0.2, 0) is 16.1 Å². The number of carbonyl (C=O) groups excluding carboxylic acids is 2. The van der Waals surface area contributed by atoms with Crippen molar-refractivity contribution in [3.05, 3.63) is 64.2 Å². The van der Waals surface area contributed by atoms with Gasteiger partial charge in [-0.15, -0.1) is 0 Å². The number of amides is 2. The average molecular weight is 359 g/mol. The number of aryl methyl sites for hydroxylation is 2. The first kappa shape index (κ1) is 19.0. The van der Waals surface area contributed by atoms with Crippen LogP contribution in [0.5, 0.6) is 0 Å². The Bertz CT molecular complexity index is 754. The summed E-state index contributed by atoms with van der Waals surface area (Å²) in [6.45, 7) is 6.18. The molecule has 0 bridgehead atoms. The maximum atomic E-state index is 12.2. The average Bonchev–Trinajstić information content (AvgIpc) is 2.56. The maximum absolute atomic E-state index is 12.2. The molecule has 0 spiro atoms. The van der Waals surface area contributed by atoms with E-state index in [1.807, 2.05) is 50.2 Å². The molecule has 0 unspecified atom stereocenters. The maximum Gasteiger partial charge on any atom is 0.223 e. The van der Waals surface area contributed by atoms with Gasteiger partial charge in [0.1, 0.15) is 0 Å². The molecule has 0 aliphatic heterocycles. The van der Waals surface area contributed by atoms with Gasteiger partial charge in [0, 0.05) is 37.1 Å². The largest absolute Gasteiger partial charge is 0.352 e. The summed E-state index contributed by atoms with van der Waals surface area (Å²) in [7, 11) is 0. The van der Waals surface area contributed by atoms with Crippen molar-refractivity contribution in [2.45, 2.75) is 33.7 Å². The monoisotopic (exact) mass is 358 g/mol. The summed E-state index contributed by atoms with van der Waals surface area (Å²) in [6.07, 6.45) is 0.234. The fourth-order valence-electron chi connectivity index (χ4n) is 2.80. The third-order valence-corrected chi connectivity index (χ3v) is 4.45. The summed E-state index contributed by atoms with van der Waals surface area (Å²) in [5.74, 6) is -0.186. The molecule has 0 saturated carbocycles. The second kappa shape index (κ2) is 8.67. The highest BCUT2D eigenvalue weighted by molar-refractivity contribution is 6.31. The van der Waals surface area contributed by atoms with Crippen LogP contribution in [0.1, 0.15) is 30.0 Å². The van der Waals surface area contributed by atoms with Gasteiger partial charge in [-0.2, -0.15) is 0 Å². The molecule has 0 radical (unpaired) electrons. The molecule has 0 fully saturated rings. The van der Waals surface area contributed by atoms with Gasteiger partial charge in [0.25, 0.3) is 0 Å². The van der Waals surface area contributed by atoms with Gasteiger partial charge in [-0.05, 0) is 36.6 Å². The number of nitrogens with one attached hydrogen (secondary N) is 1. The van der Waals surface area contributed by atoms with Crippen LogP contribution in [0.4, 0.5) is 5.69 Å². The number of anilines is 1. The number of carbonyl (C=O) groups is 2. The van der Waals surface area contributed by atoms with Crippen LogP contribution in [0.3, 0.4) is 0 Å². The van der Waals surface area contributed by atoms with Gasteiger partial charge in [-0.3, -0.25) is 9.59 Å². The van der Waals surface area contributed by atoms with Crippen LogP contribution in [0.25, 0.3) is 0 Å². The molecule has 5 heteroatoms. The highest BCUT2D eigenvalue weighted by Gasteiger charge is 2.17. The number of hydrogen-bond donors (Lipinski definition) is 1. The van der Waals surface area contributed by atoms with Gasteiger partial charge in [0.2, 0.25) is 11.8 Å². The summed E-state index contributed by atoms with van der Waals surface area (Å²) in [5, 5.41) is 3.48. The second-order valence-corrected chi connectivity index (χ2v) is 6.44. The Hall–Kier alpha value is -2.33. The summed E-state index contributed by atoms with van der Waals surface area (Å²) in [5.41, 5.74) is 3.79. The van der Waals surface area contributed by atoms with Gasteiger partial charge in [-0.1, -0.05) is 48.0 Å². The highest BCUT2D eigenvalue weighted by atomic mass is 35.5. The number of halogens is 1. The Kier molecular flexibility index (Phi) is 6.59. The topological polar surface area (TPSA) is 49.4 Å². The summed E-state index contributed by atoms with van der Waals surface area (Å²) in [4.78, 5) is 25.9. The minimum Gasteiger partial charge on any atom is -0.352 e. The van der Waals surface area contributed by atoms with Crippen LogP contribution in [0.2, 0.25) is 5.02 Å². The van der Waals surface area contributed by atoms with Crippen LogP contribution in [0.15, 0.2) is 42.5 Å². The van der Waals surface area contributed by atoms with Crippen molar-refractivity contribution >= 4 is 29.1 Å². The van der Waals surface area contributed by atoms with Crippen molar-refractivity contribution in [3.63, 3.8) is 0 Å². The van der Waals surface area contributed by atoms with Crippen LogP contribution >= 0.6 is 11.6 Å². The molecule has 4 nitrogen and oxygen atoms in total. The molecule has 0 saturated heterocycles. The molecular formula is C20H23ClN2O2. The van der Waals surface area contributed by atoms with E-state index in [0.717, 1.165) is 22.4 Å². The summed E-state index contributed by atoms with van der Waals surface area (Å²) < 4.78 is 0. The first-order valence-corrected chi connectivity index (χ1v) is 8.62. The second-order valence-electron chi connectivity index (χ2n) is 6.03. The van der Waals surface area contributed by atoms with Gasteiger partial charge >= 0.3 is 0 Å². The van der Waals surface area contributed by atoms with E-state index in [1.165, 1.54) is 6.92 Å². The minimum atomic E-state index is -0.114. The van der Waals surface area contributed by atoms with Gasteiger partial charge in [0.15, 0.2) is 0 Å². The van der Waals surface area contributed by atoms with Gasteiger partial charge in [0.05, 0.1) is 0 Å². The van der Waals surface area contributed by atoms with E-state index in [0.29, 0.717) is 18.1 Å². The molecule has 0 heterocycles. The van der Waals surface area contributed by atoms with Crippen molar-refractivity contribution < 1.29 is 9.59 Å². The van der Waals surface area contributed by atoms with E-state index in [-0.39, 0.29) is 18.2 Å². The van der Waals surface area contributed by atoms with Crippen molar-refractivity contribution in [3.8, 4) is 0 Å². The number of rotatable bonds is 6. The molecule has 0 atom stereocenters. The minimum absolute atomic E-state index is 0.0729. The summed E-state index contributed by atoms with van der Waals surface area (Å²) in [6, 6.07) is 13.3. The van der Waals surface area contributed by atoms with E-state index in [4.69, 9.17) is 11.6 Å². The Morgan fingerprint density at radius 3 is 2.28 bits per heavy atom. The Balaban J connectivity index is 1.98. The smallest absolute Gasteiger partial charge is 0.223 e. The highest BCUT2D eigenvalue weighted by Crippen LogP contribution is 2.25. The standard InChI is InChI=1S/C20H23ClN2O2/c1-14-7-6-8-15(2)20(14)23(16(3)24)12-11-19(25)22-13-17-9-4-5-10-18(17)21/h4-10H,11-13H2,1-3H3,(H,22,25). The lowest BCUT2D eigenvalue weighted by Gasteiger charge is -2.25. The lowest BCUT2D eigenvalue weighted by Crippen LogP contribution is -2.34. The van der Waals surface area contributed by atoms with E-state index in [2.05, 4.69) is 5.32 Å². The third-order valence-electron chi connectivity index (χ3n) is 4.09. The molecule has 25 heavy (non-hydrogen) atoms. The van der Waals surface area contributed by atoms with Crippen LogP contribution in [-0.4, -0.2) is 18.4 Å². The third kappa shape index (κ3) is 5.07. The molecule has 2 rings (SSSR count). The number of hydrogen-bond acceptors (Lipinski definition) is 2. The lowest BCUT2D eigenvalue weighted by molar-refractivity contribution is -0.121. The molecule has 2 amide bonds. The molecule has 0 aliphatic carbocycles. The molecule has 1 N–H and O–H groups in total. The number of nitrogens with zero attached hydrogens (tertiary/aromatic N) is 1. The van der Waals surface area contributed by atoms with Crippen molar-refractivity contribution in [1.29, 1.82) is 0 Å². The fourth-order valence-corrected chi connectivity index (χ4v) is 3.00. The quantitative estimate of drug-likeness (QED) is 0.848. The Morgan fingerprint density at radius 1 is 1.04 bits per heavy atom. The number of benzene rings is 2. The van der Waals surface area contributed by atoms with Gasteiger partial charge in [-0.25, -0.2) is 0 Å². The first-order chi connectivity index (χ1) is 11.9. The van der Waals surface area contributed by atoms with E-state index >= 15 is 0 Å². The van der Waals surface area contributed by atoms with E-state index in [9.17, 15) is 9.59 Å². The van der Waals surface area contributed by atoms with Crippen LogP contribution in [0, 0.1) is 13.8 Å². The fraction of sp³-hybridized carbons (Fsp3) is 0.300. The van der Waals surface area contributed by atoms with Crippen molar-refractivity contribution in [2.75, 3.05) is 11.4 Å². The lowest BCUT2D eigenvalue weighted by atomic mass is 10.1. The van der Waals surface area contributed by atoms with Crippen molar-refractivity contribution in [1.82, 2.24) is 5.32 Å². The number of para-hydroxylation sites is 1. The first-order valence-electron chi connectivity index (χ1n) is 8.24. The van der Waals surface area contributed by atoms with Crippen LogP contribution < -0.4 is 10.2 Å². The predicted octanol–water partition coefficient (Wildman–Crippen LogP) is 4.02. The Labute approximate surface area is 153 Å². The molecule has 132 valence electrons. The Morgan fingerprint density at radius 2 is 1.68 bits per heavy atom. The SMILES string of the molecule is CC(=O)N(CCC(=O)NCc1ccccc1Cl)c1c(C)cccc1C. The zero-order valence-electron chi connectivity index (χ0n) is 14.8. The molecule has 0 aromatic heterocycles. The zero-order chi connectivity index (χ0) is 18.4. The molecule has 2 aromatic carbocycles. The van der Waals surface area contributed by atoms with Crippen molar-refractivity contribution in [2.24, 2.45) is 0 Å². The van der Waals surface area contributed by atoms with Gasteiger partial charge < -0.3 is 10.2 Å². The molecule has 2 aromatic rings. The molecular weight excluding hydrogens is 336 g/mol. The normalized spacial score (nSPS) is 10.4. The van der Waals surface area contributed by atoms with E-state index < -0.39 is 0 Å².